The molecule has 0 spiro atoms. The lowest BCUT2D eigenvalue weighted by Crippen LogP contribution is -2.13. The number of rotatable bonds is 3. The van der Waals surface area contributed by atoms with Gasteiger partial charge < -0.3 is 5.11 Å². The molecule has 0 saturated carbocycles. The van der Waals surface area contributed by atoms with E-state index in [0.717, 1.165) is 17.7 Å². The molecule has 1 N–H and O–H groups in total. The van der Waals surface area contributed by atoms with Crippen LogP contribution < -0.4 is 0 Å². The topological polar surface area (TPSA) is 50.2 Å². The molecule has 1 heterocycles. The summed E-state index contributed by atoms with van der Waals surface area (Å²) in [4.78, 5) is 15.2. The number of hydrogen-bond donors (Lipinski definition) is 1. The first kappa shape index (κ1) is 13.7. The lowest BCUT2D eigenvalue weighted by Gasteiger charge is -2.18. The summed E-state index contributed by atoms with van der Waals surface area (Å²) in [6.07, 6.45) is 0.786. The maximum absolute atomic E-state index is 11.0. The summed E-state index contributed by atoms with van der Waals surface area (Å²) >= 11 is 0. The normalized spacial score (nSPS) is 11.9. The Kier molecular flexibility index (Phi) is 3.91. The minimum Gasteiger partial charge on any atom is -0.477 e. The van der Waals surface area contributed by atoms with Crippen molar-refractivity contribution in [2.45, 2.75) is 47.0 Å². The first-order valence-corrected chi connectivity index (χ1v) is 5.93. The van der Waals surface area contributed by atoms with Gasteiger partial charge in [0.15, 0.2) is 0 Å². The first-order chi connectivity index (χ1) is 7.69. The van der Waals surface area contributed by atoms with E-state index in [4.69, 9.17) is 5.11 Å². The summed E-state index contributed by atoms with van der Waals surface area (Å²) in [7, 11) is 0. The number of aromatic nitrogens is 1. The largest absolute Gasteiger partial charge is 0.477 e. The van der Waals surface area contributed by atoms with E-state index in [0.29, 0.717) is 5.92 Å². The van der Waals surface area contributed by atoms with Gasteiger partial charge in [0.05, 0.1) is 0 Å². The molecule has 0 aliphatic rings. The minimum atomic E-state index is -0.956. The van der Waals surface area contributed by atoms with Gasteiger partial charge in [-0.2, -0.15) is 0 Å². The molecule has 94 valence electrons. The Labute approximate surface area is 103 Å². The molecule has 3 heteroatoms. The third kappa shape index (κ3) is 4.17. The highest BCUT2D eigenvalue weighted by atomic mass is 16.4. The highest BCUT2D eigenvalue weighted by Gasteiger charge is 2.16. The lowest BCUT2D eigenvalue weighted by atomic mass is 9.89. The standard InChI is InChI=1S/C14H21NO2/c1-9(2)10-6-11(8-14(3,4)5)15-12(7-10)13(16)17/h6-7,9H,8H2,1-5H3,(H,16,17). The fourth-order valence-electron chi connectivity index (χ4n) is 1.69. The van der Waals surface area contributed by atoms with E-state index in [1.165, 1.54) is 0 Å². The van der Waals surface area contributed by atoms with E-state index < -0.39 is 5.97 Å². The van der Waals surface area contributed by atoms with Crippen molar-refractivity contribution in [3.63, 3.8) is 0 Å². The van der Waals surface area contributed by atoms with Crippen LogP contribution in [0.5, 0.6) is 0 Å². The van der Waals surface area contributed by atoms with Gasteiger partial charge in [0.1, 0.15) is 5.69 Å². The highest BCUT2D eigenvalue weighted by Crippen LogP contribution is 2.23. The average Bonchev–Trinajstić information content (AvgIpc) is 2.14. The molecule has 3 nitrogen and oxygen atoms in total. The molecule has 0 atom stereocenters. The zero-order valence-corrected chi connectivity index (χ0v) is 11.2. The second-order valence-electron chi connectivity index (χ2n) is 5.97. The molecule has 0 unspecified atom stereocenters. The predicted molar refractivity (Wildman–Crippen MR) is 68.4 cm³/mol. The molecule has 0 amide bonds. The zero-order valence-electron chi connectivity index (χ0n) is 11.2. The van der Waals surface area contributed by atoms with Gasteiger partial charge in [-0.25, -0.2) is 9.78 Å². The molecule has 0 bridgehead atoms. The molecular weight excluding hydrogens is 214 g/mol. The molecule has 0 fully saturated rings. The van der Waals surface area contributed by atoms with Crippen LogP contribution in [0.3, 0.4) is 0 Å². The van der Waals surface area contributed by atoms with E-state index >= 15 is 0 Å². The predicted octanol–water partition coefficient (Wildman–Crippen LogP) is 3.49. The minimum absolute atomic E-state index is 0.110. The van der Waals surface area contributed by atoms with Gasteiger partial charge in [0.2, 0.25) is 0 Å². The Bertz CT molecular complexity index is 417. The van der Waals surface area contributed by atoms with Gasteiger partial charge >= 0.3 is 5.97 Å². The van der Waals surface area contributed by atoms with Crippen LogP contribution in [0, 0.1) is 5.41 Å². The van der Waals surface area contributed by atoms with Crippen molar-refractivity contribution in [2.24, 2.45) is 5.41 Å². The number of carboxylic acid groups (broad SMARTS) is 1. The van der Waals surface area contributed by atoms with Crippen LogP contribution in [-0.4, -0.2) is 16.1 Å². The van der Waals surface area contributed by atoms with Crippen molar-refractivity contribution >= 4 is 5.97 Å². The Morgan fingerprint density at radius 1 is 1.35 bits per heavy atom. The van der Waals surface area contributed by atoms with Crippen LogP contribution in [-0.2, 0) is 6.42 Å². The van der Waals surface area contributed by atoms with E-state index in [9.17, 15) is 4.79 Å². The van der Waals surface area contributed by atoms with E-state index in [2.05, 4.69) is 39.6 Å². The van der Waals surface area contributed by atoms with Crippen molar-refractivity contribution in [1.82, 2.24) is 4.98 Å². The number of pyridine rings is 1. The fourth-order valence-corrected chi connectivity index (χ4v) is 1.69. The summed E-state index contributed by atoms with van der Waals surface area (Å²) < 4.78 is 0. The Balaban J connectivity index is 3.17. The van der Waals surface area contributed by atoms with Crippen LogP contribution in [0.25, 0.3) is 0 Å². The van der Waals surface area contributed by atoms with E-state index in [1.54, 1.807) is 6.07 Å². The van der Waals surface area contributed by atoms with Gasteiger partial charge in [-0.15, -0.1) is 0 Å². The van der Waals surface area contributed by atoms with Gasteiger partial charge in [-0.1, -0.05) is 34.6 Å². The van der Waals surface area contributed by atoms with Crippen LogP contribution in [0.1, 0.15) is 62.3 Å². The average molecular weight is 235 g/mol. The van der Waals surface area contributed by atoms with Gasteiger partial charge in [-0.3, -0.25) is 0 Å². The van der Waals surface area contributed by atoms with Crippen molar-refractivity contribution in [3.8, 4) is 0 Å². The molecule has 0 aliphatic heterocycles. The second kappa shape index (κ2) is 4.86. The van der Waals surface area contributed by atoms with Crippen molar-refractivity contribution < 1.29 is 9.90 Å². The summed E-state index contributed by atoms with van der Waals surface area (Å²) in [5.41, 5.74) is 2.16. The quantitative estimate of drug-likeness (QED) is 0.872. The molecule has 0 aliphatic carbocycles. The first-order valence-electron chi connectivity index (χ1n) is 5.93. The number of nitrogens with zero attached hydrogens (tertiary/aromatic N) is 1. The third-order valence-corrected chi connectivity index (χ3v) is 2.50. The number of hydrogen-bond acceptors (Lipinski definition) is 2. The monoisotopic (exact) mass is 235 g/mol. The smallest absolute Gasteiger partial charge is 0.354 e. The summed E-state index contributed by atoms with van der Waals surface area (Å²) in [6.45, 7) is 10.5. The van der Waals surface area contributed by atoms with Crippen molar-refractivity contribution in [2.75, 3.05) is 0 Å². The summed E-state index contributed by atoms with van der Waals surface area (Å²) in [5.74, 6) is -0.641. The maximum atomic E-state index is 11.0. The van der Waals surface area contributed by atoms with E-state index in [-0.39, 0.29) is 11.1 Å². The molecule has 0 radical (unpaired) electrons. The molecular formula is C14H21NO2. The second-order valence-corrected chi connectivity index (χ2v) is 5.97. The van der Waals surface area contributed by atoms with Crippen LogP contribution in [0.2, 0.25) is 0 Å². The number of carboxylic acids is 1. The lowest BCUT2D eigenvalue weighted by molar-refractivity contribution is 0.0690. The molecule has 17 heavy (non-hydrogen) atoms. The fraction of sp³-hybridized carbons (Fsp3) is 0.571. The summed E-state index contributed by atoms with van der Waals surface area (Å²) in [5, 5.41) is 9.05. The van der Waals surface area contributed by atoms with Gasteiger partial charge in [-0.05, 0) is 35.4 Å². The molecule has 1 aromatic rings. The molecule has 0 saturated heterocycles. The highest BCUT2D eigenvalue weighted by molar-refractivity contribution is 5.85. The number of carbonyl (C=O) groups is 1. The molecule has 1 rings (SSSR count). The van der Waals surface area contributed by atoms with Crippen LogP contribution >= 0.6 is 0 Å². The van der Waals surface area contributed by atoms with Crippen LogP contribution in [0.15, 0.2) is 12.1 Å². The summed E-state index contributed by atoms with van der Waals surface area (Å²) in [6, 6.07) is 3.68. The van der Waals surface area contributed by atoms with E-state index in [1.807, 2.05) is 6.07 Å². The van der Waals surface area contributed by atoms with Gasteiger partial charge in [0.25, 0.3) is 0 Å². The maximum Gasteiger partial charge on any atom is 0.354 e. The van der Waals surface area contributed by atoms with Gasteiger partial charge in [0, 0.05) is 5.69 Å². The Hall–Kier alpha value is -1.38. The zero-order chi connectivity index (χ0) is 13.2. The van der Waals surface area contributed by atoms with Crippen molar-refractivity contribution in [1.29, 1.82) is 0 Å². The third-order valence-electron chi connectivity index (χ3n) is 2.50. The van der Waals surface area contributed by atoms with Crippen molar-refractivity contribution in [3.05, 3.63) is 29.1 Å². The molecule has 1 aromatic heterocycles. The number of aromatic carboxylic acids is 1. The Morgan fingerprint density at radius 2 is 1.94 bits per heavy atom. The Morgan fingerprint density at radius 3 is 2.35 bits per heavy atom. The SMILES string of the molecule is CC(C)c1cc(CC(C)(C)C)nc(C(=O)O)c1. The van der Waals surface area contributed by atoms with Crippen LogP contribution in [0.4, 0.5) is 0 Å². The molecule has 0 aromatic carbocycles.